The van der Waals surface area contributed by atoms with E-state index < -0.39 is 6.10 Å². The number of ketones is 1. The van der Waals surface area contributed by atoms with Crippen molar-refractivity contribution >= 4 is 5.78 Å². The van der Waals surface area contributed by atoms with Gasteiger partial charge in [0.1, 0.15) is 18.5 Å². The summed E-state index contributed by atoms with van der Waals surface area (Å²) in [6, 6.07) is 5.46. The Labute approximate surface area is 125 Å². The molecule has 1 aliphatic carbocycles. The minimum Gasteiger partial charge on any atom is -0.491 e. The van der Waals surface area contributed by atoms with E-state index in [1.165, 1.54) is 0 Å². The summed E-state index contributed by atoms with van der Waals surface area (Å²) in [5.74, 6) is 0.691. The lowest BCUT2D eigenvalue weighted by atomic mass is 9.95. The molecule has 21 heavy (non-hydrogen) atoms. The third-order valence-corrected chi connectivity index (χ3v) is 3.29. The van der Waals surface area contributed by atoms with Crippen LogP contribution in [-0.2, 0) is 6.42 Å². The number of nitrogens with one attached hydrogen (secondary N) is 1. The second-order valence-corrected chi connectivity index (χ2v) is 6.35. The number of ether oxygens (including phenoxy) is 1. The first-order valence-corrected chi connectivity index (χ1v) is 7.25. The van der Waals surface area contributed by atoms with Gasteiger partial charge >= 0.3 is 0 Å². The van der Waals surface area contributed by atoms with E-state index >= 15 is 0 Å². The molecule has 0 saturated carbocycles. The molecule has 1 atom stereocenters. The van der Waals surface area contributed by atoms with Gasteiger partial charge in [0.15, 0.2) is 5.78 Å². The predicted octanol–water partition coefficient (Wildman–Crippen LogP) is 2.11. The maximum atomic E-state index is 11.8. The lowest BCUT2D eigenvalue weighted by Crippen LogP contribution is -2.42. The van der Waals surface area contributed by atoms with E-state index in [9.17, 15) is 9.90 Å². The van der Waals surface area contributed by atoms with Crippen LogP contribution in [0.2, 0.25) is 0 Å². The normalized spacial score (nSPS) is 15.7. The fourth-order valence-corrected chi connectivity index (χ4v) is 2.18. The zero-order chi connectivity index (χ0) is 15.5. The largest absolute Gasteiger partial charge is 0.491 e. The van der Waals surface area contributed by atoms with Crippen molar-refractivity contribution in [2.24, 2.45) is 0 Å². The van der Waals surface area contributed by atoms with Gasteiger partial charge in [-0.25, -0.2) is 0 Å². The second-order valence-electron chi connectivity index (χ2n) is 6.35. The van der Waals surface area contributed by atoms with Crippen LogP contribution in [0.3, 0.4) is 0 Å². The van der Waals surface area contributed by atoms with E-state index in [2.05, 4.69) is 5.32 Å². The molecule has 0 saturated heterocycles. The first-order valence-electron chi connectivity index (χ1n) is 7.25. The van der Waals surface area contributed by atoms with E-state index in [1.54, 1.807) is 6.08 Å². The zero-order valence-corrected chi connectivity index (χ0v) is 12.8. The lowest BCUT2D eigenvalue weighted by Gasteiger charge is -2.23. The Morgan fingerprint density at radius 2 is 2.14 bits per heavy atom. The molecule has 0 heterocycles. The SMILES string of the molecule is CC(C)(C)NC[C@H](O)COc1cccc2c1CC=CC2=O. The quantitative estimate of drug-likeness (QED) is 0.871. The van der Waals surface area contributed by atoms with Crippen molar-refractivity contribution in [3.63, 3.8) is 0 Å². The number of benzene rings is 1. The van der Waals surface area contributed by atoms with Crippen LogP contribution in [0.1, 0.15) is 36.7 Å². The van der Waals surface area contributed by atoms with Crippen LogP contribution < -0.4 is 10.1 Å². The number of hydrogen-bond acceptors (Lipinski definition) is 4. The lowest BCUT2D eigenvalue weighted by molar-refractivity contribution is 0.0990. The third kappa shape index (κ3) is 4.41. The van der Waals surface area contributed by atoms with E-state index in [0.29, 0.717) is 24.3 Å². The number of carbonyl (C=O) groups is 1. The zero-order valence-electron chi connectivity index (χ0n) is 12.8. The number of fused-ring (bicyclic) bond motifs is 1. The van der Waals surface area contributed by atoms with Crippen molar-refractivity contribution < 1.29 is 14.6 Å². The summed E-state index contributed by atoms with van der Waals surface area (Å²) >= 11 is 0. The molecule has 114 valence electrons. The first kappa shape index (κ1) is 15.7. The van der Waals surface area contributed by atoms with Gasteiger partial charge in [0.25, 0.3) is 0 Å². The van der Waals surface area contributed by atoms with E-state index in [-0.39, 0.29) is 17.9 Å². The van der Waals surface area contributed by atoms with Gasteiger partial charge in [0.2, 0.25) is 0 Å². The van der Waals surface area contributed by atoms with Gasteiger partial charge in [-0.1, -0.05) is 18.2 Å². The maximum absolute atomic E-state index is 11.8. The molecule has 1 aromatic rings. The van der Waals surface area contributed by atoms with Gasteiger partial charge in [-0.2, -0.15) is 0 Å². The fraction of sp³-hybridized carbons (Fsp3) is 0.471. The summed E-state index contributed by atoms with van der Waals surface area (Å²) in [7, 11) is 0. The summed E-state index contributed by atoms with van der Waals surface area (Å²) in [6.07, 6.45) is 3.53. The smallest absolute Gasteiger partial charge is 0.185 e. The summed E-state index contributed by atoms with van der Waals surface area (Å²) in [4.78, 5) is 11.8. The van der Waals surface area contributed by atoms with Gasteiger partial charge in [-0.3, -0.25) is 4.79 Å². The molecule has 0 fully saturated rings. The number of hydrogen-bond donors (Lipinski definition) is 2. The Balaban J connectivity index is 1.96. The highest BCUT2D eigenvalue weighted by molar-refractivity contribution is 6.07. The topological polar surface area (TPSA) is 58.6 Å². The summed E-state index contributed by atoms with van der Waals surface area (Å²) < 4.78 is 5.70. The molecule has 0 unspecified atom stereocenters. The van der Waals surface area contributed by atoms with Crippen molar-refractivity contribution in [1.82, 2.24) is 5.32 Å². The van der Waals surface area contributed by atoms with Crippen LogP contribution in [-0.4, -0.2) is 35.7 Å². The second kappa shape index (κ2) is 6.41. The average Bonchev–Trinajstić information content (AvgIpc) is 2.42. The van der Waals surface area contributed by atoms with E-state index in [0.717, 1.165) is 5.56 Å². The Morgan fingerprint density at radius 3 is 2.86 bits per heavy atom. The number of rotatable bonds is 5. The molecule has 0 aromatic heterocycles. The van der Waals surface area contributed by atoms with Crippen LogP contribution >= 0.6 is 0 Å². The Bertz CT molecular complexity index is 543. The number of carbonyl (C=O) groups excluding carboxylic acids is 1. The number of aliphatic hydroxyl groups is 1. The summed E-state index contributed by atoms with van der Waals surface area (Å²) in [6.45, 7) is 6.82. The fourth-order valence-electron chi connectivity index (χ4n) is 2.18. The van der Waals surface area contributed by atoms with E-state index in [4.69, 9.17) is 4.74 Å². The van der Waals surface area contributed by atoms with Crippen molar-refractivity contribution in [3.05, 3.63) is 41.5 Å². The Morgan fingerprint density at radius 1 is 1.38 bits per heavy atom. The summed E-state index contributed by atoms with van der Waals surface area (Å²) in [5.41, 5.74) is 1.56. The number of β-amino-alcohol motifs (C(OH)–C–C–N with tert-alkyl or cyclic N) is 1. The molecule has 0 bridgehead atoms. The molecule has 4 nitrogen and oxygen atoms in total. The summed E-state index contributed by atoms with van der Waals surface area (Å²) in [5, 5.41) is 13.2. The van der Waals surface area contributed by atoms with Crippen molar-refractivity contribution in [1.29, 1.82) is 0 Å². The molecular weight excluding hydrogens is 266 g/mol. The molecule has 2 rings (SSSR count). The highest BCUT2D eigenvalue weighted by Gasteiger charge is 2.18. The van der Waals surface area contributed by atoms with Gasteiger partial charge < -0.3 is 15.2 Å². The Hall–Kier alpha value is -1.65. The number of allylic oxidation sites excluding steroid dienone is 2. The molecule has 0 radical (unpaired) electrons. The molecule has 1 aromatic carbocycles. The molecule has 0 spiro atoms. The average molecular weight is 289 g/mol. The monoisotopic (exact) mass is 289 g/mol. The van der Waals surface area contributed by atoms with Crippen LogP contribution in [0.4, 0.5) is 0 Å². The highest BCUT2D eigenvalue weighted by atomic mass is 16.5. The molecule has 0 amide bonds. The van der Waals surface area contributed by atoms with Crippen LogP contribution in [0.25, 0.3) is 0 Å². The van der Waals surface area contributed by atoms with Crippen molar-refractivity contribution in [3.8, 4) is 5.75 Å². The molecular formula is C17H23NO3. The van der Waals surface area contributed by atoms with Gasteiger partial charge in [-0.15, -0.1) is 0 Å². The number of aliphatic hydroxyl groups excluding tert-OH is 1. The predicted molar refractivity (Wildman–Crippen MR) is 82.9 cm³/mol. The molecule has 2 N–H and O–H groups in total. The minimum atomic E-state index is -0.588. The minimum absolute atomic E-state index is 0.0108. The molecule has 1 aliphatic rings. The van der Waals surface area contributed by atoms with Crippen LogP contribution in [0.15, 0.2) is 30.4 Å². The van der Waals surface area contributed by atoms with Crippen LogP contribution in [0.5, 0.6) is 5.75 Å². The van der Waals surface area contributed by atoms with E-state index in [1.807, 2.05) is 45.0 Å². The standard InChI is InChI=1S/C17H23NO3/c1-17(2,3)18-10-12(19)11-21-16-9-5-6-13-14(16)7-4-8-15(13)20/h4-6,8-9,12,18-19H,7,10-11H2,1-3H3/t12-/m0/s1. The maximum Gasteiger partial charge on any atom is 0.185 e. The highest BCUT2D eigenvalue weighted by Crippen LogP contribution is 2.26. The van der Waals surface area contributed by atoms with Gasteiger partial charge in [0, 0.05) is 23.2 Å². The van der Waals surface area contributed by atoms with Crippen LogP contribution in [0, 0.1) is 0 Å². The van der Waals surface area contributed by atoms with Crippen molar-refractivity contribution in [2.75, 3.05) is 13.2 Å². The first-order chi connectivity index (χ1) is 9.87. The Kier molecular flexibility index (Phi) is 4.80. The molecule has 0 aliphatic heterocycles. The van der Waals surface area contributed by atoms with Gasteiger partial charge in [-0.05, 0) is 39.3 Å². The van der Waals surface area contributed by atoms with Crippen molar-refractivity contribution in [2.45, 2.75) is 38.8 Å². The van der Waals surface area contributed by atoms with Gasteiger partial charge in [0.05, 0.1) is 0 Å². The third-order valence-electron chi connectivity index (χ3n) is 3.29. The molecule has 4 heteroatoms.